The van der Waals surface area contributed by atoms with Crippen molar-refractivity contribution in [3.8, 4) is 0 Å². The SMILES string of the molecule is CCC(CC)(C(C)C)P(=O)([O-])[O-]. The molecule has 0 N–H and O–H groups in total. The third-order valence-electron chi connectivity index (χ3n) is 2.84. The van der Waals surface area contributed by atoms with Crippen molar-refractivity contribution in [3.05, 3.63) is 0 Å². The van der Waals surface area contributed by atoms with E-state index in [0.29, 0.717) is 12.8 Å². The van der Waals surface area contributed by atoms with Gasteiger partial charge in [0.25, 0.3) is 0 Å². The van der Waals surface area contributed by atoms with Gasteiger partial charge in [0.05, 0.1) is 0 Å². The molecule has 0 aliphatic rings. The molecule has 0 saturated heterocycles. The van der Waals surface area contributed by atoms with Gasteiger partial charge >= 0.3 is 0 Å². The highest BCUT2D eigenvalue weighted by molar-refractivity contribution is 7.50. The first-order valence-electron chi connectivity index (χ1n) is 4.34. The summed E-state index contributed by atoms with van der Waals surface area (Å²) in [5.41, 5.74) is 0. The Kier molecular flexibility index (Phi) is 3.95. The van der Waals surface area contributed by atoms with Crippen LogP contribution in [0.15, 0.2) is 0 Å². The number of hydrogen-bond donors (Lipinski definition) is 0. The van der Waals surface area contributed by atoms with Crippen LogP contribution in [0.5, 0.6) is 0 Å². The van der Waals surface area contributed by atoms with Gasteiger partial charge in [-0.3, -0.25) is 0 Å². The summed E-state index contributed by atoms with van der Waals surface area (Å²) in [6.07, 6.45) is 0.816. The van der Waals surface area contributed by atoms with Crippen LogP contribution in [0.4, 0.5) is 0 Å². The van der Waals surface area contributed by atoms with Crippen LogP contribution in [-0.2, 0) is 4.57 Å². The predicted molar refractivity (Wildman–Crippen MR) is 45.8 cm³/mol. The van der Waals surface area contributed by atoms with Gasteiger partial charge in [-0.05, 0) is 23.9 Å². The van der Waals surface area contributed by atoms with Crippen molar-refractivity contribution in [1.82, 2.24) is 0 Å². The fraction of sp³-hybridized carbons (Fsp3) is 1.00. The number of hydrogen-bond acceptors (Lipinski definition) is 3. The van der Waals surface area contributed by atoms with E-state index >= 15 is 0 Å². The second kappa shape index (κ2) is 3.91. The molecule has 0 heterocycles. The van der Waals surface area contributed by atoms with E-state index in [1.165, 1.54) is 0 Å². The highest BCUT2D eigenvalue weighted by atomic mass is 31.2. The van der Waals surface area contributed by atoms with Crippen LogP contribution >= 0.6 is 7.60 Å². The maximum Gasteiger partial charge on any atom is -0.000191 e. The van der Waals surface area contributed by atoms with Crippen molar-refractivity contribution in [1.29, 1.82) is 0 Å². The van der Waals surface area contributed by atoms with Crippen molar-refractivity contribution in [2.24, 2.45) is 5.92 Å². The minimum atomic E-state index is -4.46. The quantitative estimate of drug-likeness (QED) is 0.627. The first-order chi connectivity index (χ1) is 5.31. The molecule has 0 aromatic carbocycles. The molecule has 0 spiro atoms. The van der Waals surface area contributed by atoms with Gasteiger partial charge in [-0.1, -0.05) is 35.3 Å². The summed E-state index contributed by atoms with van der Waals surface area (Å²) in [4.78, 5) is 22.1. The Morgan fingerprint density at radius 2 is 1.58 bits per heavy atom. The van der Waals surface area contributed by atoms with E-state index in [2.05, 4.69) is 0 Å². The monoisotopic (exact) mass is 192 g/mol. The van der Waals surface area contributed by atoms with Crippen LogP contribution in [0.2, 0.25) is 0 Å². The first-order valence-corrected chi connectivity index (χ1v) is 5.88. The fourth-order valence-electron chi connectivity index (χ4n) is 1.77. The van der Waals surface area contributed by atoms with Crippen LogP contribution in [-0.4, -0.2) is 5.16 Å². The van der Waals surface area contributed by atoms with E-state index in [1.807, 2.05) is 0 Å². The van der Waals surface area contributed by atoms with Crippen molar-refractivity contribution < 1.29 is 14.4 Å². The van der Waals surface area contributed by atoms with Crippen molar-refractivity contribution in [2.75, 3.05) is 0 Å². The third-order valence-corrected chi connectivity index (χ3v) is 5.08. The van der Waals surface area contributed by atoms with E-state index < -0.39 is 12.8 Å². The molecule has 0 unspecified atom stereocenters. The van der Waals surface area contributed by atoms with Gasteiger partial charge in [-0.15, -0.1) is 0 Å². The Hall–Kier alpha value is 0.150. The topological polar surface area (TPSA) is 63.2 Å². The summed E-state index contributed by atoms with van der Waals surface area (Å²) >= 11 is 0. The summed E-state index contributed by atoms with van der Waals surface area (Å²) in [5, 5.41) is -1.03. The average Bonchev–Trinajstić information content (AvgIpc) is 1.87. The second-order valence-corrected chi connectivity index (χ2v) is 5.35. The molecule has 0 bridgehead atoms. The molecule has 0 rings (SSSR count). The summed E-state index contributed by atoms with van der Waals surface area (Å²) in [6, 6.07) is 0. The molecule has 0 saturated carbocycles. The van der Waals surface area contributed by atoms with E-state index in [-0.39, 0.29) is 5.92 Å². The molecule has 0 radical (unpaired) electrons. The Bertz CT molecular complexity index is 179. The normalized spacial score (nSPS) is 13.9. The Labute approximate surface area is 74.3 Å². The average molecular weight is 192 g/mol. The largest absolute Gasteiger partial charge is 0.810 e. The van der Waals surface area contributed by atoms with Gasteiger partial charge in [0.2, 0.25) is 0 Å². The number of rotatable bonds is 4. The minimum absolute atomic E-state index is 0.103. The smallest absolute Gasteiger partial charge is 0.000191 e. The summed E-state index contributed by atoms with van der Waals surface area (Å²) in [6.45, 7) is 7.09. The first kappa shape index (κ1) is 12.2. The van der Waals surface area contributed by atoms with E-state index in [1.54, 1.807) is 27.7 Å². The molecule has 0 aromatic heterocycles. The molecule has 0 fully saturated rings. The molecule has 0 aromatic rings. The van der Waals surface area contributed by atoms with Crippen LogP contribution in [0.1, 0.15) is 40.5 Å². The summed E-state index contributed by atoms with van der Waals surface area (Å²) in [7, 11) is -4.46. The maximum atomic E-state index is 11.0. The second-order valence-electron chi connectivity index (χ2n) is 3.46. The van der Waals surface area contributed by atoms with E-state index in [9.17, 15) is 14.4 Å². The third kappa shape index (κ3) is 1.90. The highest BCUT2D eigenvalue weighted by Crippen LogP contribution is 2.52. The van der Waals surface area contributed by atoms with Crippen molar-refractivity contribution in [3.63, 3.8) is 0 Å². The lowest BCUT2D eigenvalue weighted by atomic mass is 9.89. The molecule has 0 atom stereocenters. The summed E-state index contributed by atoms with van der Waals surface area (Å²) < 4.78 is 11.0. The molecular formula is C8H17O3P-2. The van der Waals surface area contributed by atoms with Gasteiger partial charge in [-0.25, -0.2) is 0 Å². The lowest BCUT2D eigenvalue weighted by molar-refractivity contribution is -0.322. The van der Waals surface area contributed by atoms with Crippen molar-refractivity contribution >= 4 is 7.60 Å². The van der Waals surface area contributed by atoms with Crippen LogP contribution in [0, 0.1) is 5.92 Å². The van der Waals surface area contributed by atoms with Crippen molar-refractivity contribution in [2.45, 2.75) is 45.7 Å². The van der Waals surface area contributed by atoms with E-state index in [0.717, 1.165) is 0 Å². The Morgan fingerprint density at radius 1 is 1.25 bits per heavy atom. The minimum Gasteiger partial charge on any atom is -0.810 e. The zero-order valence-corrected chi connectivity index (χ0v) is 9.06. The van der Waals surface area contributed by atoms with Crippen LogP contribution < -0.4 is 9.79 Å². The molecule has 4 heteroatoms. The van der Waals surface area contributed by atoms with Gasteiger partial charge in [-0.2, -0.15) is 0 Å². The van der Waals surface area contributed by atoms with Gasteiger partial charge < -0.3 is 14.4 Å². The van der Waals surface area contributed by atoms with Crippen LogP contribution in [0.3, 0.4) is 0 Å². The molecule has 0 amide bonds. The zero-order chi connectivity index (χ0) is 9.99. The highest BCUT2D eigenvalue weighted by Gasteiger charge is 2.33. The van der Waals surface area contributed by atoms with E-state index in [4.69, 9.17) is 0 Å². The Balaban J connectivity index is 4.97. The standard InChI is InChI=1S/C8H19O3P/c1-5-8(6-2,7(3)4)12(9,10)11/h7H,5-6H2,1-4H3,(H2,9,10,11)/p-2. The summed E-state index contributed by atoms with van der Waals surface area (Å²) in [5.74, 6) is -0.103. The Morgan fingerprint density at radius 3 is 1.58 bits per heavy atom. The van der Waals surface area contributed by atoms with Gasteiger partial charge in [0, 0.05) is 0 Å². The molecule has 12 heavy (non-hydrogen) atoms. The molecular weight excluding hydrogens is 175 g/mol. The van der Waals surface area contributed by atoms with Crippen LogP contribution in [0.25, 0.3) is 0 Å². The fourth-order valence-corrected chi connectivity index (χ4v) is 3.18. The molecule has 0 aliphatic carbocycles. The zero-order valence-electron chi connectivity index (χ0n) is 8.16. The molecule has 0 aliphatic heterocycles. The lowest BCUT2D eigenvalue weighted by Gasteiger charge is -2.52. The molecule has 3 nitrogen and oxygen atoms in total. The van der Waals surface area contributed by atoms with Gasteiger partial charge in [0.15, 0.2) is 0 Å². The maximum absolute atomic E-state index is 11.0. The van der Waals surface area contributed by atoms with Gasteiger partial charge in [0.1, 0.15) is 0 Å². The molecule has 74 valence electrons. The lowest BCUT2D eigenvalue weighted by Crippen LogP contribution is -2.42. The predicted octanol–water partition coefficient (Wildman–Crippen LogP) is 1.11.